The number of phosphoric ester groups is 1. The number of esters is 1. The molecule has 274 valence electrons. The number of unbranched alkanes of at least 4 members (excludes halogenated alkanes) is 19. The zero-order valence-corrected chi connectivity index (χ0v) is 31.7. The zero-order chi connectivity index (χ0) is 34.2. The summed E-state index contributed by atoms with van der Waals surface area (Å²) < 4.78 is 34.6. The lowest BCUT2D eigenvalue weighted by molar-refractivity contribution is -0.870. The van der Waals surface area contributed by atoms with Crippen LogP contribution in [0.4, 0.5) is 0 Å². The minimum absolute atomic E-state index is 0.0900. The third-order valence-electron chi connectivity index (χ3n) is 8.08. The van der Waals surface area contributed by atoms with Crippen molar-refractivity contribution in [2.75, 3.05) is 54.1 Å². The second-order valence-corrected chi connectivity index (χ2v) is 15.4. The summed E-state index contributed by atoms with van der Waals surface area (Å²) >= 11 is 0. The van der Waals surface area contributed by atoms with Crippen molar-refractivity contribution in [1.29, 1.82) is 0 Å². The van der Waals surface area contributed by atoms with Gasteiger partial charge in [0.1, 0.15) is 19.3 Å². The Morgan fingerprint density at radius 3 is 1.65 bits per heavy atom. The van der Waals surface area contributed by atoms with E-state index in [1.54, 1.807) is 0 Å². The molecule has 0 saturated carbocycles. The van der Waals surface area contributed by atoms with Crippen LogP contribution in [0.15, 0.2) is 12.2 Å². The van der Waals surface area contributed by atoms with E-state index in [0.717, 1.165) is 44.9 Å². The fraction of sp³-hybridized carbons (Fsp3) is 0.919. The highest BCUT2D eigenvalue weighted by molar-refractivity contribution is 7.47. The molecule has 2 atom stereocenters. The van der Waals surface area contributed by atoms with Gasteiger partial charge in [-0.1, -0.05) is 129 Å². The van der Waals surface area contributed by atoms with Crippen LogP contribution in [0.3, 0.4) is 0 Å². The number of rotatable bonds is 35. The Morgan fingerprint density at radius 1 is 0.652 bits per heavy atom. The molecular weight excluding hydrogens is 601 g/mol. The summed E-state index contributed by atoms with van der Waals surface area (Å²) in [5, 5.41) is 0. The van der Waals surface area contributed by atoms with Gasteiger partial charge in [0.15, 0.2) is 0 Å². The monoisotopic (exact) mass is 677 g/mol. The Balaban J connectivity index is 4.05. The van der Waals surface area contributed by atoms with Crippen molar-refractivity contribution in [2.24, 2.45) is 0 Å². The fourth-order valence-electron chi connectivity index (χ4n) is 5.08. The highest BCUT2D eigenvalue weighted by Gasteiger charge is 2.26. The zero-order valence-electron chi connectivity index (χ0n) is 30.8. The van der Waals surface area contributed by atoms with Gasteiger partial charge in [0.2, 0.25) is 0 Å². The molecule has 0 radical (unpaired) electrons. The van der Waals surface area contributed by atoms with E-state index < -0.39 is 13.9 Å². The molecule has 0 rings (SSSR count). The molecule has 0 spiro atoms. The number of nitrogens with zero attached hydrogens (tertiary/aromatic N) is 1. The van der Waals surface area contributed by atoms with E-state index in [9.17, 15) is 14.3 Å². The SMILES string of the molecule is CCCCCCCCC/C=C\CCCCCCCCCCOCC(COP(=O)(O)OCC[N+](C)(C)C)OC(=O)CCCCCCC. The highest BCUT2D eigenvalue weighted by atomic mass is 31.2. The maximum atomic E-state index is 12.4. The maximum Gasteiger partial charge on any atom is 0.472 e. The fourth-order valence-corrected chi connectivity index (χ4v) is 5.82. The van der Waals surface area contributed by atoms with Gasteiger partial charge in [0, 0.05) is 13.0 Å². The van der Waals surface area contributed by atoms with Crippen LogP contribution in [0.25, 0.3) is 0 Å². The molecule has 0 saturated heterocycles. The predicted molar refractivity (Wildman–Crippen MR) is 192 cm³/mol. The molecule has 9 heteroatoms. The molecule has 0 aromatic rings. The first-order valence-corrected chi connectivity index (χ1v) is 20.4. The lowest BCUT2D eigenvalue weighted by atomic mass is 10.1. The first-order chi connectivity index (χ1) is 22.1. The Morgan fingerprint density at radius 2 is 1.13 bits per heavy atom. The number of ether oxygens (including phenoxy) is 2. The van der Waals surface area contributed by atoms with Gasteiger partial charge < -0.3 is 18.9 Å². The van der Waals surface area contributed by atoms with E-state index in [2.05, 4.69) is 26.0 Å². The third-order valence-corrected chi connectivity index (χ3v) is 9.06. The Kier molecular flexibility index (Phi) is 31.0. The van der Waals surface area contributed by atoms with Crippen molar-refractivity contribution in [3.63, 3.8) is 0 Å². The average Bonchev–Trinajstić information content (AvgIpc) is 2.99. The van der Waals surface area contributed by atoms with Gasteiger partial charge in [-0.05, 0) is 38.5 Å². The summed E-state index contributed by atoms with van der Waals surface area (Å²) in [6.45, 7) is 5.53. The summed E-state index contributed by atoms with van der Waals surface area (Å²) in [4.78, 5) is 22.5. The summed E-state index contributed by atoms with van der Waals surface area (Å²) in [7, 11) is 1.67. The van der Waals surface area contributed by atoms with Gasteiger partial charge >= 0.3 is 13.8 Å². The van der Waals surface area contributed by atoms with E-state index in [1.165, 1.54) is 96.3 Å². The van der Waals surface area contributed by atoms with Crippen molar-refractivity contribution in [3.8, 4) is 0 Å². The van der Waals surface area contributed by atoms with Crippen LogP contribution in [0.5, 0.6) is 0 Å². The molecule has 46 heavy (non-hydrogen) atoms. The van der Waals surface area contributed by atoms with Crippen LogP contribution >= 0.6 is 7.82 Å². The number of allylic oxidation sites excluding steroid dienone is 2. The van der Waals surface area contributed by atoms with Crippen LogP contribution < -0.4 is 0 Å². The highest BCUT2D eigenvalue weighted by Crippen LogP contribution is 2.43. The number of hydrogen-bond donors (Lipinski definition) is 1. The molecule has 0 aliphatic rings. The lowest BCUT2D eigenvalue weighted by Gasteiger charge is -2.24. The third kappa shape index (κ3) is 34.6. The maximum absolute atomic E-state index is 12.4. The van der Waals surface area contributed by atoms with Crippen LogP contribution in [-0.2, 0) is 27.9 Å². The topological polar surface area (TPSA) is 91.3 Å². The van der Waals surface area contributed by atoms with Gasteiger partial charge in [0.25, 0.3) is 0 Å². The van der Waals surface area contributed by atoms with Crippen molar-refractivity contribution >= 4 is 13.8 Å². The molecule has 1 N–H and O–H groups in total. The average molecular weight is 677 g/mol. The largest absolute Gasteiger partial charge is 0.472 e. The number of carbonyl (C=O) groups excluding carboxylic acids is 1. The Labute approximate surface area is 284 Å². The molecule has 0 bridgehead atoms. The van der Waals surface area contributed by atoms with Crippen LogP contribution in [0.2, 0.25) is 0 Å². The molecule has 0 heterocycles. The van der Waals surface area contributed by atoms with E-state index in [1.807, 2.05) is 21.1 Å². The molecule has 2 unspecified atom stereocenters. The van der Waals surface area contributed by atoms with Crippen molar-refractivity contribution in [2.45, 2.75) is 168 Å². The summed E-state index contributed by atoms with van der Waals surface area (Å²) in [5.41, 5.74) is 0. The van der Waals surface area contributed by atoms with Crippen molar-refractivity contribution < 1.29 is 37.3 Å². The summed E-state index contributed by atoms with van der Waals surface area (Å²) in [6, 6.07) is 0. The van der Waals surface area contributed by atoms with Crippen LogP contribution in [0.1, 0.15) is 162 Å². The Hall–Kier alpha value is -0.760. The molecule has 0 aromatic carbocycles. The molecule has 0 aliphatic carbocycles. The molecule has 0 aromatic heterocycles. The van der Waals surface area contributed by atoms with E-state index in [0.29, 0.717) is 24.1 Å². The number of hydrogen-bond acceptors (Lipinski definition) is 6. The molecule has 0 fully saturated rings. The molecule has 0 aliphatic heterocycles. The lowest BCUT2D eigenvalue weighted by Crippen LogP contribution is -2.37. The smallest absolute Gasteiger partial charge is 0.457 e. The van der Waals surface area contributed by atoms with Gasteiger partial charge in [-0.15, -0.1) is 0 Å². The minimum atomic E-state index is -4.25. The second-order valence-electron chi connectivity index (χ2n) is 14.0. The van der Waals surface area contributed by atoms with E-state index >= 15 is 0 Å². The number of likely N-dealkylation sites (N-methyl/N-ethyl adjacent to an activating group) is 1. The van der Waals surface area contributed by atoms with Crippen molar-refractivity contribution in [3.05, 3.63) is 12.2 Å². The van der Waals surface area contributed by atoms with Gasteiger partial charge in [0.05, 0.1) is 34.4 Å². The van der Waals surface area contributed by atoms with Crippen molar-refractivity contribution in [1.82, 2.24) is 0 Å². The van der Waals surface area contributed by atoms with E-state index in [-0.39, 0.29) is 25.8 Å². The quantitative estimate of drug-likeness (QED) is 0.0235. The van der Waals surface area contributed by atoms with Gasteiger partial charge in [-0.2, -0.15) is 0 Å². The normalized spacial score (nSPS) is 14.1. The molecule has 0 amide bonds. The standard InChI is InChI=1S/C37H74NO7P/c1-6-8-10-12-13-14-15-16-17-18-19-20-21-22-23-24-25-27-29-32-42-34-36(45-37(39)30-28-26-11-9-7-2)35-44-46(40,41)43-33-31-38(3,4)5/h17-18,36H,6-16,19-35H2,1-5H3/p+1/b18-17-. The summed E-state index contributed by atoms with van der Waals surface area (Å²) in [6.07, 6.45) is 31.3. The number of carbonyl (C=O) groups is 1. The van der Waals surface area contributed by atoms with Gasteiger partial charge in [-0.25, -0.2) is 4.57 Å². The van der Waals surface area contributed by atoms with Crippen LogP contribution in [0, 0.1) is 0 Å². The first kappa shape index (κ1) is 45.2. The Bertz CT molecular complexity index is 756. The first-order valence-electron chi connectivity index (χ1n) is 18.9. The summed E-state index contributed by atoms with van der Waals surface area (Å²) in [5.74, 6) is -0.327. The number of quaternary nitrogens is 1. The molecule has 8 nitrogen and oxygen atoms in total. The van der Waals surface area contributed by atoms with E-state index in [4.69, 9.17) is 18.5 Å². The molecular formula is C37H75NO7P+. The second kappa shape index (κ2) is 31.5. The predicted octanol–water partition coefficient (Wildman–Crippen LogP) is 10.3. The van der Waals surface area contributed by atoms with Gasteiger partial charge in [-0.3, -0.25) is 13.8 Å². The number of phosphoric acid groups is 1. The minimum Gasteiger partial charge on any atom is -0.457 e. The van der Waals surface area contributed by atoms with Crippen LogP contribution in [-0.4, -0.2) is 75.6 Å².